The highest BCUT2D eigenvalue weighted by molar-refractivity contribution is 5.95. The van der Waals surface area contributed by atoms with Crippen molar-refractivity contribution in [2.45, 2.75) is 45.2 Å². The highest BCUT2D eigenvalue weighted by atomic mass is 19.3. The second kappa shape index (κ2) is 6.70. The van der Waals surface area contributed by atoms with Gasteiger partial charge in [0, 0.05) is 19.8 Å². The highest BCUT2D eigenvalue weighted by Gasteiger charge is 2.31. The summed E-state index contributed by atoms with van der Waals surface area (Å²) >= 11 is 0. The third kappa shape index (κ3) is 3.18. The number of hydrogen-bond donors (Lipinski definition) is 0. The monoisotopic (exact) mass is 337 g/mol. The Kier molecular flexibility index (Phi) is 4.64. The number of alkyl halides is 2. The van der Waals surface area contributed by atoms with Gasteiger partial charge in [0.05, 0.1) is 35.5 Å². The number of imidazole rings is 1. The molecule has 1 fully saturated rings. The van der Waals surface area contributed by atoms with Gasteiger partial charge in [0.25, 0.3) is 12.3 Å². The van der Waals surface area contributed by atoms with Crippen molar-refractivity contribution < 1.29 is 13.6 Å². The van der Waals surface area contributed by atoms with E-state index in [1.54, 1.807) is 19.4 Å². The number of carbonyl (C=O) groups excluding carboxylic acids is 1. The van der Waals surface area contributed by atoms with Gasteiger partial charge in [-0.05, 0) is 26.2 Å². The molecule has 2 aromatic rings. The van der Waals surface area contributed by atoms with Gasteiger partial charge in [-0.1, -0.05) is 0 Å². The van der Waals surface area contributed by atoms with E-state index >= 15 is 0 Å². The maximum atomic E-state index is 13.0. The standard InChI is InChI=1S/C16H21F2N5O/c1-11-12(8-22(20-11)9-15(17)18)16(24)23-6-4-3-5-13(23)14-7-19-10-21(14)2/h7-8,10,13,15H,3-6,9H2,1-2H3. The van der Waals surface area contributed by atoms with Crippen LogP contribution in [0.25, 0.3) is 0 Å². The number of aryl methyl sites for hydroxylation is 2. The first-order valence-electron chi connectivity index (χ1n) is 8.06. The number of halogens is 2. The van der Waals surface area contributed by atoms with Gasteiger partial charge in [0.15, 0.2) is 0 Å². The summed E-state index contributed by atoms with van der Waals surface area (Å²) in [6.45, 7) is 1.83. The van der Waals surface area contributed by atoms with Crippen molar-refractivity contribution in [3.8, 4) is 0 Å². The Morgan fingerprint density at radius 1 is 1.42 bits per heavy atom. The van der Waals surface area contributed by atoms with Crippen LogP contribution in [0.2, 0.25) is 0 Å². The van der Waals surface area contributed by atoms with Gasteiger partial charge in [0.1, 0.15) is 6.54 Å². The lowest BCUT2D eigenvalue weighted by atomic mass is 9.98. The van der Waals surface area contributed by atoms with Gasteiger partial charge in [-0.2, -0.15) is 5.10 Å². The molecule has 1 saturated heterocycles. The largest absolute Gasteiger partial charge is 0.336 e. The molecule has 0 aliphatic carbocycles. The fourth-order valence-electron chi connectivity index (χ4n) is 3.29. The van der Waals surface area contributed by atoms with Crippen molar-refractivity contribution in [3.05, 3.63) is 35.7 Å². The fourth-order valence-corrected chi connectivity index (χ4v) is 3.29. The van der Waals surface area contributed by atoms with E-state index in [0.29, 0.717) is 17.8 Å². The number of carbonyl (C=O) groups is 1. The Hall–Kier alpha value is -2.25. The van der Waals surface area contributed by atoms with Crippen LogP contribution in [-0.2, 0) is 13.6 Å². The summed E-state index contributed by atoms with van der Waals surface area (Å²) in [5, 5.41) is 4.04. The molecule has 2 aromatic heterocycles. The smallest absolute Gasteiger partial charge is 0.257 e. The van der Waals surface area contributed by atoms with Crippen molar-refractivity contribution >= 4 is 5.91 Å². The van der Waals surface area contributed by atoms with E-state index in [9.17, 15) is 13.6 Å². The molecule has 1 aliphatic rings. The molecule has 8 heteroatoms. The minimum atomic E-state index is -2.50. The maximum Gasteiger partial charge on any atom is 0.257 e. The van der Waals surface area contributed by atoms with Crippen LogP contribution in [0.1, 0.15) is 47.1 Å². The summed E-state index contributed by atoms with van der Waals surface area (Å²) in [4.78, 5) is 19.0. The molecule has 6 nitrogen and oxygen atoms in total. The van der Waals surface area contributed by atoms with Gasteiger partial charge in [0.2, 0.25) is 0 Å². The van der Waals surface area contributed by atoms with Crippen molar-refractivity contribution in [2.75, 3.05) is 6.54 Å². The zero-order valence-electron chi connectivity index (χ0n) is 13.8. The van der Waals surface area contributed by atoms with Crippen molar-refractivity contribution in [1.82, 2.24) is 24.2 Å². The van der Waals surface area contributed by atoms with Crippen molar-refractivity contribution in [2.24, 2.45) is 7.05 Å². The second-order valence-corrected chi connectivity index (χ2v) is 6.18. The van der Waals surface area contributed by atoms with E-state index in [4.69, 9.17) is 0 Å². The first-order valence-corrected chi connectivity index (χ1v) is 8.06. The third-order valence-electron chi connectivity index (χ3n) is 4.46. The van der Waals surface area contributed by atoms with Crippen LogP contribution in [-0.4, -0.2) is 43.1 Å². The van der Waals surface area contributed by atoms with Crippen LogP contribution in [0.15, 0.2) is 18.7 Å². The Balaban J connectivity index is 1.87. The summed E-state index contributed by atoms with van der Waals surface area (Å²) in [7, 11) is 1.91. The topological polar surface area (TPSA) is 56.0 Å². The first kappa shape index (κ1) is 16.6. The van der Waals surface area contributed by atoms with Crippen LogP contribution in [0.3, 0.4) is 0 Å². The molecule has 3 rings (SSSR count). The van der Waals surface area contributed by atoms with Crippen LogP contribution in [0.4, 0.5) is 8.78 Å². The maximum absolute atomic E-state index is 13.0. The zero-order chi connectivity index (χ0) is 17.3. The fraction of sp³-hybridized carbons (Fsp3) is 0.562. The highest BCUT2D eigenvalue weighted by Crippen LogP contribution is 2.32. The van der Waals surface area contributed by atoms with Crippen LogP contribution >= 0.6 is 0 Å². The number of rotatable bonds is 4. The van der Waals surface area contributed by atoms with Gasteiger partial charge < -0.3 is 9.47 Å². The molecule has 130 valence electrons. The van der Waals surface area contributed by atoms with Crippen LogP contribution in [0.5, 0.6) is 0 Å². The molecule has 0 aromatic carbocycles. The van der Waals surface area contributed by atoms with Crippen molar-refractivity contribution in [3.63, 3.8) is 0 Å². The molecular formula is C16H21F2N5O. The Bertz CT molecular complexity index is 724. The van der Waals surface area contributed by atoms with Gasteiger partial charge in [-0.3, -0.25) is 9.48 Å². The summed E-state index contributed by atoms with van der Waals surface area (Å²) in [5.74, 6) is -0.154. The van der Waals surface area contributed by atoms with Crippen LogP contribution in [0, 0.1) is 6.92 Å². The van der Waals surface area contributed by atoms with E-state index in [2.05, 4.69) is 10.1 Å². The first-order chi connectivity index (χ1) is 11.5. The SMILES string of the molecule is Cc1nn(CC(F)F)cc1C(=O)N1CCCCC1c1cncn1C. The molecule has 0 spiro atoms. The number of piperidine rings is 1. The van der Waals surface area contributed by atoms with E-state index < -0.39 is 13.0 Å². The molecule has 0 saturated carbocycles. The Labute approximate surface area is 139 Å². The lowest BCUT2D eigenvalue weighted by Gasteiger charge is -2.35. The Morgan fingerprint density at radius 3 is 2.88 bits per heavy atom. The van der Waals surface area contributed by atoms with Crippen molar-refractivity contribution in [1.29, 1.82) is 0 Å². The van der Waals surface area contributed by atoms with Gasteiger partial charge in [-0.15, -0.1) is 0 Å². The third-order valence-corrected chi connectivity index (χ3v) is 4.46. The molecule has 1 aliphatic heterocycles. The van der Waals surface area contributed by atoms with Gasteiger partial charge in [-0.25, -0.2) is 13.8 Å². The van der Waals surface area contributed by atoms with Crippen LogP contribution < -0.4 is 0 Å². The number of aromatic nitrogens is 4. The molecule has 1 amide bonds. The molecule has 1 atom stereocenters. The molecular weight excluding hydrogens is 316 g/mol. The minimum absolute atomic E-state index is 0.0448. The molecule has 0 bridgehead atoms. The Morgan fingerprint density at radius 2 is 2.21 bits per heavy atom. The summed E-state index contributed by atoms with van der Waals surface area (Å²) < 4.78 is 28.2. The molecule has 1 unspecified atom stereocenters. The summed E-state index contributed by atoms with van der Waals surface area (Å²) in [6, 6.07) is -0.0448. The quantitative estimate of drug-likeness (QED) is 0.861. The van der Waals surface area contributed by atoms with E-state index in [1.807, 2.05) is 16.5 Å². The number of hydrogen-bond acceptors (Lipinski definition) is 3. The average Bonchev–Trinajstić information content (AvgIpc) is 3.11. The molecule has 0 N–H and O–H groups in total. The van der Waals surface area contributed by atoms with E-state index in [-0.39, 0.29) is 11.9 Å². The van der Waals surface area contributed by atoms with Gasteiger partial charge >= 0.3 is 0 Å². The lowest BCUT2D eigenvalue weighted by Crippen LogP contribution is -2.39. The minimum Gasteiger partial charge on any atom is -0.336 e. The van der Waals surface area contributed by atoms with E-state index in [1.165, 1.54) is 6.20 Å². The lowest BCUT2D eigenvalue weighted by molar-refractivity contribution is 0.0601. The predicted octanol–water partition coefficient (Wildman–Crippen LogP) is 2.56. The molecule has 0 radical (unpaired) electrons. The zero-order valence-corrected chi connectivity index (χ0v) is 13.8. The molecule has 24 heavy (non-hydrogen) atoms. The number of nitrogens with zero attached hydrogens (tertiary/aromatic N) is 5. The summed E-state index contributed by atoms with van der Waals surface area (Å²) in [6.07, 6.45) is 5.29. The summed E-state index contributed by atoms with van der Waals surface area (Å²) in [5.41, 5.74) is 1.86. The normalized spacial score (nSPS) is 18.4. The second-order valence-electron chi connectivity index (χ2n) is 6.18. The number of amides is 1. The number of likely N-dealkylation sites (tertiary alicyclic amines) is 1. The van der Waals surface area contributed by atoms with E-state index in [0.717, 1.165) is 29.6 Å². The predicted molar refractivity (Wildman–Crippen MR) is 83.8 cm³/mol. The average molecular weight is 337 g/mol. The molecule has 3 heterocycles.